The molecule has 0 atom stereocenters. The second kappa shape index (κ2) is 2.93. The van der Waals surface area contributed by atoms with Crippen LogP contribution in [0.15, 0.2) is 29.1 Å². The first-order valence-corrected chi connectivity index (χ1v) is 4.04. The van der Waals surface area contributed by atoms with Gasteiger partial charge in [-0.15, -0.1) is 6.42 Å². The Balaban J connectivity index is 3.02. The second-order valence-electron chi connectivity index (χ2n) is 2.87. The van der Waals surface area contributed by atoms with Crippen molar-refractivity contribution in [3.63, 3.8) is 0 Å². The van der Waals surface area contributed by atoms with Crippen molar-refractivity contribution in [1.29, 1.82) is 0 Å². The summed E-state index contributed by atoms with van der Waals surface area (Å²) in [5.41, 5.74) is 0.112. The Morgan fingerprint density at radius 3 is 2.79 bits per heavy atom. The van der Waals surface area contributed by atoms with Crippen LogP contribution >= 0.6 is 0 Å². The molecule has 2 rings (SSSR count). The number of hydrogen-bond acceptors (Lipinski definition) is 2. The lowest BCUT2D eigenvalue weighted by molar-refractivity contribution is 0.479. The number of benzene rings is 1. The first-order chi connectivity index (χ1) is 6.74. The van der Waals surface area contributed by atoms with Crippen LogP contribution in [0.1, 0.15) is 5.56 Å². The lowest BCUT2D eigenvalue weighted by Gasteiger charge is -2.01. The number of terminal acetylenes is 1. The predicted octanol–water partition coefficient (Wildman–Crippen LogP) is 1.21. The molecule has 2 N–H and O–H groups in total. The molecule has 1 aromatic heterocycles. The minimum atomic E-state index is -0.441. The highest BCUT2D eigenvalue weighted by Crippen LogP contribution is 2.23. The summed E-state index contributed by atoms with van der Waals surface area (Å²) in [5, 5.41) is 10.2. The van der Waals surface area contributed by atoms with Crippen LogP contribution in [0.4, 0.5) is 0 Å². The number of H-pyrrole nitrogens is 1. The normalized spacial score (nSPS) is 9.93. The van der Waals surface area contributed by atoms with E-state index in [1.807, 2.05) is 0 Å². The van der Waals surface area contributed by atoms with E-state index in [9.17, 15) is 9.90 Å². The van der Waals surface area contributed by atoms with E-state index in [0.717, 1.165) is 0 Å². The molecule has 0 bridgehead atoms. The largest absolute Gasteiger partial charge is 0.506 e. The molecule has 2 aromatic rings. The van der Waals surface area contributed by atoms with Gasteiger partial charge >= 0.3 is 0 Å². The zero-order valence-electron chi connectivity index (χ0n) is 7.24. The van der Waals surface area contributed by atoms with E-state index in [1.165, 1.54) is 0 Å². The van der Waals surface area contributed by atoms with E-state index in [1.54, 1.807) is 24.3 Å². The SMILES string of the molecule is C#Cc1c(O)c2ccccc2[nH]c1=O. The molecule has 0 saturated heterocycles. The molecule has 0 amide bonds. The van der Waals surface area contributed by atoms with E-state index >= 15 is 0 Å². The highest BCUT2D eigenvalue weighted by atomic mass is 16.3. The average molecular weight is 185 g/mol. The Labute approximate surface area is 80.0 Å². The number of hydrogen-bond donors (Lipinski definition) is 2. The second-order valence-corrected chi connectivity index (χ2v) is 2.87. The smallest absolute Gasteiger partial charge is 0.267 e. The maximum atomic E-state index is 11.3. The number of aromatic amines is 1. The summed E-state index contributed by atoms with van der Waals surface area (Å²) in [4.78, 5) is 13.9. The number of fused-ring (bicyclic) bond motifs is 1. The Hall–Kier alpha value is -2.21. The van der Waals surface area contributed by atoms with Crippen molar-refractivity contribution >= 4 is 10.9 Å². The molecule has 68 valence electrons. The third-order valence-electron chi connectivity index (χ3n) is 2.04. The molecule has 0 saturated carbocycles. The zero-order chi connectivity index (χ0) is 10.1. The van der Waals surface area contributed by atoms with E-state index < -0.39 is 5.56 Å². The number of aromatic hydroxyl groups is 1. The lowest BCUT2D eigenvalue weighted by Crippen LogP contribution is -2.09. The van der Waals surface area contributed by atoms with Crippen LogP contribution in [-0.4, -0.2) is 10.1 Å². The van der Waals surface area contributed by atoms with Crippen molar-refractivity contribution in [1.82, 2.24) is 4.98 Å². The lowest BCUT2D eigenvalue weighted by atomic mass is 10.1. The Morgan fingerprint density at radius 1 is 1.36 bits per heavy atom. The first-order valence-electron chi connectivity index (χ1n) is 4.04. The minimum absolute atomic E-state index is 0.0244. The molecule has 0 radical (unpaired) electrons. The number of para-hydroxylation sites is 1. The summed E-state index contributed by atoms with van der Waals surface area (Å²) in [5.74, 6) is 2.03. The molecule has 0 aliphatic rings. The van der Waals surface area contributed by atoms with E-state index in [2.05, 4.69) is 10.9 Å². The molecular formula is C11H7NO2. The molecule has 3 heteroatoms. The van der Waals surface area contributed by atoms with Gasteiger partial charge in [-0.3, -0.25) is 4.79 Å². The van der Waals surface area contributed by atoms with Gasteiger partial charge in [0.15, 0.2) is 0 Å². The first kappa shape index (κ1) is 8.39. The summed E-state index contributed by atoms with van der Waals surface area (Å²) in [7, 11) is 0. The van der Waals surface area contributed by atoms with E-state index in [0.29, 0.717) is 10.9 Å². The summed E-state index contributed by atoms with van der Waals surface area (Å²) in [6, 6.07) is 6.94. The Bertz CT molecular complexity index is 590. The fourth-order valence-electron chi connectivity index (χ4n) is 1.36. The molecule has 1 heterocycles. The Kier molecular flexibility index (Phi) is 1.76. The van der Waals surface area contributed by atoms with E-state index in [4.69, 9.17) is 6.42 Å². The molecule has 1 aromatic carbocycles. The highest BCUT2D eigenvalue weighted by molar-refractivity contribution is 5.86. The van der Waals surface area contributed by atoms with Crippen molar-refractivity contribution < 1.29 is 5.11 Å². The van der Waals surface area contributed by atoms with Crippen LogP contribution in [-0.2, 0) is 0 Å². The number of rotatable bonds is 0. The van der Waals surface area contributed by atoms with Crippen LogP contribution in [0.2, 0.25) is 0 Å². The van der Waals surface area contributed by atoms with Crippen LogP contribution in [0.3, 0.4) is 0 Å². The summed E-state index contributed by atoms with van der Waals surface area (Å²) in [6.45, 7) is 0. The van der Waals surface area contributed by atoms with Crippen molar-refractivity contribution in [2.45, 2.75) is 0 Å². The highest BCUT2D eigenvalue weighted by Gasteiger charge is 2.08. The molecule has 14 heavy (non-hydrogen) atoms. The van der Waals surface area contributed by atoms with Gasteiger partial charge in [-0.25, -0.2) is 0 Å². The summed E-state index contributed by atoms with van der Waals surface area (Å²) < 4.78 is 0. The van der Waals surface area contributed by atoms with Gasteiger partial charge in [0, 0.05) is 5.39 Å². The molecule has 3 nitrogen and oxygen atoms in total. The van der Waals surface area contributed by atoms with Crippen molar-refractivity contribution in [2.24, 2.45) is 0 Å². The summed E-state index contributed by atoms with van der Waals surface area (Å²) in [6.07, 6.45) is 5.11. The zero-order valence-corrected chi connectivity index (χ0v) is 7.24. The van der Waals surface area contributed by atoms with E-state index in [-0.39, 0.29) is 11.3 Å². The average Bonchev–Trinajstić information content (AvgIpc) is 2.18. The van der Waals surface area contributed by atoms with Crippen LogP contribution in [0.5, 0.6) is 5.75 Å². The molecule has 0 aliphatic heterocycles. The van der Waals surface area contributed by atoms with Gasteiger partial charge in [-0.2, -0.15) is 0 Å². The van der Waals surface area contributed by atoms with Crippen LogP contribution < -0.4 is 5.56 Å². The Morgan fingerprint density at radius 2 is 2.07 bits per heavy atom. The minimum Gasteiger partial charge on any atom is -0.506 e. The quantitative estimate of drug-likeness (QED) is 0.606. The van der Waals surface area contributed by atoms with Crippen molar-refractivity contribution in [2.75, 3.05) is 0 Å². The van der Waals surface area contributed by atoms with Gasteiger partial charge in [0.05, 0.1) is 5.52 Å². The van der Waals surface area contributed by atoms with Gasteiger partial charge in [-0.1, -0.05) is 18.1 Å². The predicted molar refractivity (Wildman–Crippen MR) is 54.2 cm³/mol. The van der Waals surface area contributed by atoms with Crippen LogP contribution in [0.25, 0.3) is 10.9 Å². The van der Waals surface area contributed by atoms with Gasteiger partial charge < -0.3 is 10.1 Å². The molecule has 0 spiro atoms. The van der Waals surface area contributed by atoms with Gasteiger partial charge in [0.25, 0.3) is 5.56 Å². The fraction of sp³-hybridized carbons (Fsp3) is 0. The van der Waals surface area contributed by atoms with Gasteiger partial charge in [-0.05, 0) is 12.1 Å². The van der Waals surface area contributed by atoms with Gasteiger partial charge in [0.1, 0.15) is 11.3 Å². The molecule has 0 aliphatic carbocycles. The van der Waals surface area contributed by atoms with Crippen molar-refractivity contribution in [3.8, 4) is 18.1 Å². The topological polar surface area (TPSA) is 53.1 Å². The maximum Gasteiger partial charge on any atom is 0.267 e. The fourth-order valence-corrected chi connectivity index (χ4v) is 1.36. The monoisotopic (exact) mass is 185 g/mol. The van der Waals surface area contributed by atoms with Crippen molar-refractivity contribution in [3.05, 3.63) is 40.2 Å². The molecular weight excluding hydrogens is 178 g/mol. The van der Waals surface area contributed by atoms with Crippen LogP contribution in [0, 0.1) is 12.3 Å². The number of aromatic nitrogens is 1. The summed E-state index contributed by atoms with van der Waals surface area (Å²) >= 11 is 0. The number of pyridine rings is 1. The third-order valence-corrected chi connectivity index (χ3v) is 2.04. The third kappa shape index (κ3) is 1.05. The standard InChI is InChI=1S/C11H7NO2/c1-2-7-10(13)8-5-3-4-6-9(8)12-11(7)14/h1,3-6H,(H2,12,13,14). The maximum absolute atomic E-state index is 11.3. The van der Waals surface area contributed by atoms with Gasteiger partial charge in [0.2, 0.25) is 0 Å². The molecule has 0 fully saturated rings. The molecule has 0 unspecified atom stereocenters. The number of nitrogens with one attached hydrogen (secondary N) is 1.